The van der Waals surface area contributed by atoms with Crippen LogP contribution >= 0.6 is 0 Å². The lowest BCUT2D eigenvalue weighted by Gasteiger charge is -2.37. The van der Waals surface area contributed by atoms with Crippen LogP contribution in [0.1, 0.15) is 34.1 Å². The van der Waals surface area contributed by atoms with E-state index in [1.165, 1.54) is 30.3 Å². The fraction of sp³-hybridized carbons (Fsp3) is 0.118. The summed E-state index contributed by atoms with van der Waals surface area (Å²) in [5.74, 6) is -8.15. The van der Waals surface area contributed by atoms with Crippen LogP contribution in [-0.2, 0) is 19.2 Å². The van der Waals surface area contributed by atoms with E-state index in [1.807, 2.05) is 0 Å². The molecule has 42 heavy (non-hydrogen) atoms. The molecule has 2 heterocycles. The molecule has 0 bridgehead atoms. The Morgan fingerprint density at radius 1 is 0.571 bits per heavy atom. The predicted molar refractivity (Wildman–Crippen MR) is 149 cm³/mol. The second-order valence-electron chi connectivity index (χ2n) is 10.9. The molecule has 4 aromatic rings. The molecule has 0 saturated carbocycles. The highest BCUT2D eigenvalue weighted by Gasteiger charge is 2.76. The first-order valence-electron chi connectivity index (χ1n) is 13.5. The fourth-order valence-electron chi connectivity index (χ4n) is 7.63. The summed E-state index contributed by atoms with van der Waals surface area (Å²) in [5.41, 5.74) is -0.941. The van der Waals surface area contributed by atoms with Gasteiger partial charge in [0.1, 0.15) is 11.6 Å². The summed E-state index contributed by atoms with van der Waals surface area (Å²) < 4.78 is 31.6. The van der Waals surface area contributed by atoms with E-state index in [1.54, 1.807) is 72.8 Å². The molecule has 0 radical (unpaired) electrons. The minimum atomic E-state index is -1.96. The zero-order chi connectivity index (χ0) is 28.9. The monoisotopic (exact) mass is 558 g/mol. The number of nitrogens with zero attached hydrogens (tertiary/aromatic N) is 2. The average molecular weight is 559 g/mol. The van der Waals surface area contributed by atoms with E-state index in [0.717, 1.165) is 9.80 Å². The van der Waals surface area contributed by atoms with Crippen LogP contribution in [0.4, 0.5) is 20.2 Å². The van der Waals surface area contributed by atoms with E-state index in [-0.39, 0.29) is 33.5 Å². The van der Waals surface area contributed by atoms with Crippen LogP contribution in [0.25, 0.3) is 6.08 Å². The minimum absolute atomic E-state index is 0.0105. The molecule has 2 aliphatic heterocycles. The van der Waals surface area contributed by atoms with Gasteiger partial charge in [-0.1, -0.05) is 60.7 Å². The zero-order valence-electron chi connectivity index (χ0n) is 21.8. The second kappa shape index (κ2) is 8.39. The van der Waals surface area contributed by atoms with Gasteiger partial charge in [-0.05, 0) is 53.6 Å². The highest BCUT2D eigenvalue weighted by Crippen LogP contribution is 2.70. The highest BCUT2D eigenvalue weighted by molar-refractivity contribution is 6.35. The van der Waals surface area contributed by atoms with Crippen molar-refractivity contribution in [1.29, 1.82) is 0 Å². The molecule has 1 spiro atoms. The van der Waals surface area contributed by atoms with Crippen LogP contribution < -0.4 is 9.80 Å². The summed E-state index contributed by atoms with van der Waals surface area (Å²) in [7, 11) is 0. The lowest BCUT2D eigenvalue weighted by atomic mass is 9.60. The van der Waals surface area contributed by atoms with Crippen LogP contribution in [0.5, 0.6) is 0 Å². The third-order valence-electron chi connectivity index (χ3n) is 9.11. The first kappa shape index (κ1) is 24.5. The first-order chi connectivity index (χ1) is 20.4. The van der Waals surface area contributed by atoms with Crippen LogP contribution in [0.15, 0.2) is 103 Å². The number of rotatable bonds is 2. The lowest BCUT2D eigenvalue weighted by Crippen LogP contribution is -2.48. The zero-order valence-corrected chi connectivity index (χ0v) is 21.8. The average Bonchev–Trinajstić information content (AvgIpc) is 3.48. The molecule has 2 saturated heterocycles. The molecule has 8 rings (SSSR count). The molecule has 4 amide bonds. The van der Waals surface area contributed by atoms with E-state index in [2.05, 4.69) is 0 Å². The molecule has 204 valence electrons. The van der Waals surface area contributed by atoms with Gasteiger partial charge in [-0.15, -0.1) is 0 Å². The van der Waals surface area contributed by atoms with Gasteiger partial charge in [0.2, 0.25) is 17.7 Å². The van der Waals surface area contributed by atoms with Crippen molar-refractivity contribution in [2.45, 2.75) is 11.8 Å². The molecular weight excluding hydrogens is 538 g/mol. The van der Waals surface area contributed by atoms with Crippen molar-refractivity contribution in [3.63, 3.8) is 0 Å². The molecule has 2 fully saturated rings. The van der Waals surface area contributed by atoms with E-state index in [0.29, 0.717) is 5.69 Å². The Labute approximate surface area is 238 Å². The summed E-state index contributed by atoms with van der Waals surface area (Å²) in [6, 6.07) is 25.1. The Bertz CT molecular complexity index is 1920. The van der Waals surface area contributed by atoms with Crippen LogP contribution in [0.3, 0.4) is 0 Å². The topological polar surface area (TPSA) is 74.8 Å². The Hall–Kier alpha value is -5.24. The van der Waals surface area contributed by atoms with Gasteiger partial charge in [-0.2, -0.15) is 0 Å². The Morgan fingerprint density at radius 3 is 1.81 bits per heavy atom. The molecule has 4 atom stereocenters. The van der Waals surface area contributed by atoms with E-state index in [9.17, 15) is 19.2 Å². The maximum Gasteiger partial charge on any atom is 0.261 e. The number of carbonyl (C=O) groups excluding carboxylic acids is 4. The molecular formula is C34H20F2N2O4. The van der Waals surface area contributed by atoms with Gasteiger partial charge in [0.15, 0.2) is 0 Å². The summed E-state index contributed by atoms with van der Waals surface area (Å²) in [6.07, 6.45) is 1.31. The molecule has 1 unspecified atom stereocenters. The highest BCUT2D eigenvalue weighted by atomic mass is 19.1. The summed E-state index contributed by atoms with van der Waals surface area (Å²) >= 11 is 0. The molecule has 0 aromatic heterocycles. The summed E-state index contributed by atoms with van der Waals surface area (Å²) in [6.45, 7) is 0. The van der Waals surface area contributed by atoms with Gasteiger partial charge in [0, 0.05) is 22.6 Å². The van der Waals surface area contributed by atoms with Crippen molar-refractivity contribution in [1.82, 2.24) is 0 Å². The Balaban J connectivity index is 1.50. The minimum Gasteiger partial charge on any atom is -0.273 e. The summed E-state index contributed by atoms with van der Waals surface area (Å²) in [5, 5.41) is 0. The number of imide groups is 2. The first-order valence-corrected chi connectivity index (χ1v) is 13.5. The summed E-state index contributed by atoms with van der Waals surface area (Å²) in [4.78, 5) is 60.1. The molecule has 8 heteroatoms. The lowest BCUT2D eigenvalue weighted by molar-refractivity contribution is -0.135. The van der Waals surface area contributed by atoms with Crippen LogP contribution in [-0.4, -0.2) is 23.6 Å². The molecule has 4 aromatic carbocycles. The van der Waals surface area contributed by atoms with Gasteiger partial charge >= 0.3 is 0 Å². The van der Waals surface area contributed by atoms with Crippen molar-refractivity contribution in [3.8, 4) is 0 Å². The molecule has 0 N–H and O–H groups in total. The van der Waals surface area contributed by atoms with Gasteiger partial charge in [0.25, 0.3) is 5.91 Å². The van der Waals surface area contributed by atoms with E-state index in [4.69, 9.17) is 0 Å². The van der Waals surface area contributed by atoms with Gasteiger partial charge in [-0.25, -0.2) is 18.6 Å². The Kier molecular flexibility index (Phi) is 4.90. The van der Waals surface area contributed by atoms with Crippen molar-refractivity contribution >= 4 is 41.1 Å². The van der Waals surface area contributed by atoms with Crippen molar-refractivity contribution in [2.24, 2.45) is 11.3 Å². The number of para-hydroxylation sites is 2. The van der Waals surface area contributed by atoms with Crippen molar-refractivity contribution < 1.29 is 28.0 Å². The molecule has 2 aliphatic carbocycles. The van der Waals surface area contributed by atoms with Crippen LogP contribution in [0.2, 0.25) is 0 Å². The maximum absolute atomic E-state index is 15.9. The third kappa shape index (κ3) is 2.81. The number of anilines is 2. The second-order valence-corrected chi connectivity index (χ2v) is 10.9. The van der Waals surface area contributed by atoms with Crippen molar-refractivity contribution in [2.75, 3.05) is 9.80 Å². The number of halogens is 2. The van der Waals surface area contributed by atoms with Gasteiger partial charge in [-0.3, -0.25) is 19.2 Å². The largest absolute Gasteiger partial charge is 0.273 e. The van der Waals surface area contributed by atoms with E-state index >= 15 is 8.78 Å². The number of hydrogen-bond acceptors (Lipinski definition) is 4. The SMILES string of the molecule is O=C1C2=Cc3c(F)cccc3[C@@H]3c4c(F)cccc4[C@H]4C(=O)N(c5ccccc5)C(=O)[C@@]34C2C(=O)N1c1ccccc1. The fourth-order valence-corrected chi connectivity index (χ4v) is 7.63. The Morgan fingerprint density at radius 2 is 1.14 bits per heavy atom. The number of carbonyl (C=O) groups is 4. The predicted octanol–water partition coefficient (Wildman–Crippen LogP) is 5.34. The standard InChI is InChI=1S/C34H20F2N2O4/c35-24-15-7-13-20-22(24)17-23-29(31(40)37(30(23)39)18-9-3-1-4-10-18)34-27(20)26-21(14-8-16-25(26)36)28(34)32(41)38(33(34)42)19-11-5-2-6-12-19/h1-17,27-29H/t27-,28+,29?,34+/m1/s1. The molecule has 6 nitrogen and oxygen atoms in total. The maximum atomic E-state index is 15.9. The van der Waals surface area contributed by atoms with Gasteiger partial charge < -0.3 is 0 Å². The van der Waals surface area contributed by atoms with Crippen molar-refractivity contribution in [3.05, 3.63) is 137 Å². The number of amides is 4. The van der Waals surface area contributed by atoms with Crippen LogP contribution in [0, 0.1) is 23.0 Å². The normalized spacial score (nSPS) is 25.5. The van der Waals surface area contributed by atoms with E-state index < -0.39 is 58.4 Å². The van der Waals surface area contributed by atoms with Gasteiger partial charge in [0.05, 0.1) is 28.6 Å². The molecule has 4 aliphatic rings. The number of fused-ring (bicyclic) bond motifs is 6. The number of benzene rings is 4. The third-order valence-corrected chi connectivity index (χ3v) is 9.11. The smallest absolute Gasteiger partial charge is 0.261 e. The number of hydrogen-bond donors (Lipinski definition) is 0. The quantitative estimate of drug-likeness (QED) is 0.312.